The number of pyridine rings is 1. The molecule has 6 heteroatoms. The van der Waals surface area contributed by atoms with Crippen LogP contribution in [0.5, 0.6) is 0 Å². The van der Waals surface area contributed by atoms with Crippen LogP contribution in [0.4, 0.5) is 5.69 Å². The average molecular weight is 297 g/mol. The van der Waals surface area contributed by atoms with Gasteiger partial charge in [0, 0.05) is 6.20 Å². The summed E-state index contributed by atoms with van der Waals surface area (Å²) in [4.78, 5) is 3.85. The zero-order valence-corrected chi connectivity index (χ0v) is 12.1. The third-order valence-corrected chi connectivity index (χ3v) is 4.43. The molecule has 19 heavy (non-hydrogen) atoms. The summed E-state index contributed by atoms with van der Waals surface area (Å²) < 4.78 is 26.9. The fourth-order valence-corrected chi connectivity index (χ4v) is 2.77. The summed E-state index contributed by atoms with van der Waals surface area (Å²) in [6.07, 6.45) is 1.23. The van der Waals surface area contributed by atoms with Crippen LogP contribution >= 0.6 is 11.6 Å². The van der Waals surface area contributed by atoms with Crippen molar-refractivity contribution in [2.45, 2.75) is 18.7 Å². The van der Waals surface area contributed by atoms with Gasteiger partial charge in [-0.1, -0.05) is 23.7 Å². The molecule has 100 valence electrons. The lowest BCUT2D eigenvalue weighted by Crippen LogP contribution is -2.14. The van der Waals surface area contributed by atoms with E-state index in [4.69, 9.17) is 11.6 Å². The predicted molar refractivity (Wildman–Crippen MR) is 76.0 cm³/mol. The summed E-state index contributed by atoms with van der Waals surface area (Å²) in [5.74, 6) is 0. The van der Waals surface area contributed by atoms with Crippen LogP contribution in [0.25, 0.3) is 0 Å². The highest BCUT2D eigenvalue weighted by atomic mass is 35.5. The number of hydrogen-bond acceptors (Lipinski definition) is 3. The molecule has 2 rings (SSSR count). The molecule has 2 aromatic rings. The van der Waals surface area contributed by atoms with Crippen molar-refractivity contribution in [3.63, 3.8) is 0 Å². The Morgan fingerprint density at radius 3 is 2.53 bits per heavy atom. The van der Waals surface area contributed by atoms with E-state index in [2.05, 4.69) is 9.71 Å². The number of sulfonamides is 1. The van der Waals surface area contributed by atoms with Gasteiger partial charge < -0.3 is 0 Å². The number of rotatable bonds is 3. The molecule has 0 aliphatic carbocycles. The van der Waals surface area contributed by atoms with E-state index in [1.54, 1.807) is 12.1 Å². The highest BCUT2D eigenvalue weighted by Crippen LogP contribution is 2.22. The van der Waals surface area contributed by atoms with Crippen molar-refractivity contribution in [2.75, 3.05) is 4.72 Å². The van der Waals surface area contributed by atoms with Gasteiger partial charge in [0.1, 0.15) is 10.0 Å². The molecule has 1 aromatic carbocycles. The quantitative estimate of drug-likeness (QED) is 0.885. The Balaban J connectivity index is 2.36. The van der Waals surface area contributed by atoms with Crippen molar-refractivity contribution >= 4 is 27.3 Å². The number of aryl methyl sites for hydroxylation is 1. The molecule has 0 amide bonds. The van der Waals surface area contributed by atoms with E-state index in [1.807, 2.05) is 19.9 Å². The summed E-state index contributed by atoms with van der Waals surface area (Å²) in [5, 5.41) is 0.255. The van der Waals surface area contributed by atoms with Crippen molar-refractivity contribution in [1.29, 1.82) is 0 Å². The Morgan fingerprint density at radius 1 is 1.16 bits per heavy atom. The lowest BCUT2D eigenvalue weighted by molar-refractivity contribution is 0.601. The van der Waals surface area contributed by atoms with E-state index in [0.717, 1.165) is 11.1 Å². The molecule has 0 atom stereocenters. The number of halogens is 1. The molecule has 0 saturated heterocycles. The second kappa shape index (κ2) is 5.19. The number of nitrogens with one attached hydrogen (secondary N) is 1. The Morgan fingerprint density at radius 2 is 1.89 bits per heavy atom. The molecule has 0 bridgehead atoms. The Bertz CT molecular complexity index is 697. The van der Waals surface area contributed by atoms with Crippen LogP contribution < -0.4 is 4.72 Å². The highest BCUT2D eigenvalue weighted by Gasteiger charge is 2.15. The molecule has 1 aromatic heterocycles. The smallest absolute Gasteiger partial charge is 0.263 e. The van der Waals surface area contributed by atoms with E-state index >= 15 is 0 Å². The number of aromatic nitrogens is 1. The molecule has 0 aliphatic heterocycles. The third-order valence-electron chi connectivity index (χ3n) is 2.86. The lowest BCUT2D eigenvalue weighted by Gasteiger charge is -2.11. The number of benzene rings is 1. The third kappa shape index (κ3) is 3.05. The highest BCUT2D eigenvalue weighted by molar-refractivity contribution is 7.92. The molecular weight excluding hydrogens is 284 g/mol. The SMILES string of the molecule is Cc1cccc(NS(=O)(=O)c2ccc(Cl)nc2)c1C. The first kappa shape index (κ1) is 13.8. The first-order chi connectivity index (χ1) is 8.90. The molecular formula is C13H13ClN2O2S. The van der Waals surface area contributed by atoms with Crippen molar-refractivity contribution in [3.8, 4) is 0 Å². The van der Waals surface area contributed by atoms with E-state index in [1.165, 1.54) is 18.3 Å². The van der Waals surface area contributed by atoms with Gasteiger partial charge in [-0.25, -0.2) is 13.4 Å². The largest absolute Gasteiger partial charge is 0.279 e. The van der Waals surface area contributed by atoms with Gasteiger partial charge in [0.05, 0.1) is 5.69 Å². The number of anilines is 1. The molecule has 1 N–H and O–H groups in total. The van der Waals surface area contributed by atoms with Gasteiger partial charge in [0.2, 0.25) is 0 Å². The van der Waals surface area contributed by atoms with Crippen LogP contribution in [0.1, 0.15) is 11.1 Å². The minimum atomic E-state index is -3.64. The summed E-state index contributed by atoms with van der Waals surface area (Å²) in [7, 11) is -3.64. The molecule has 0 aliphatic rings. The van der Waals surface area contributed by atoms with E-state index < -0.39 is 10.0 Å². The maximum atomic E-state index is 12.2. The van der Waals surface area contributed by atoms with Gasteiger partial charge in [0.15, 0.2) is 0 Å². The molecule has 4 nitrogen and oxygen atoms in total. The van der Waals surface area contributed by atoms with Crippen molar-refractivity contribution in [3.05, 3.63) is 52.8 Å². The van der Waals surface area contributed by atoms with Crippen LogP contribution in [0.2, 0.25) is 5.15 Å². The van der Waals surface area contributed by atoms with Gasteiger partial charge in [0.25, 0.3) is 10.0 Å². The minimum absolute atomic E-state index is 0.0813. The number of hydrogen-bond donors (Lipinski definition) is 1. The standard InChI is InChI=1S/C13H13ClN2O2S/c1-9-4-3-5-12(10(9)2)16-19(17,18)11-6-7-13(14)15-8-11/h3-8,16H,1-2H3. The van der Waals surface area contributed by atoms with E-state index in [-0.39, 0.29) is 10.0 Å². The predicted octanol–water partition coefficient (Wildman–Crippen LogP) is 3.15. The van der Waals surface area contributed by atoms with E-state index in [9.17, 15) is 8.42 Å². The fourth-order valence-electron chi connectivity index (χ4n) is 1.59. The topological polar surface area (TPSA) is 59.1 Å². The van der Waals surface area contributed by atoms with Crippen LogP contribution in [0, 0.1) is 13.8 Å². The monoisotopic (exact) mass is 296 g/mol. The zero-order valence-electron chi connectivity index (χ0n) is 10.5. The maximum Gasteiger partial charge on any atom is 0.263 e. The Labute approximate surface area is 117 Å². The molecule has 0 spiro atoms. The number of nitrogens with zero attached hydrogens (tertiary/aromatic N) is 1. The van der Waals surface area contributed by atoms with Crippen LogP contribution in [-0.2, 0) is 10.0 Å². The van der Waals surface area contributed by atoms with Crippen molar-refractivity contribution in [2.24, 2.45) is 0 Å². The first-order valence-electron chi connectivity index (χ1n) is 5.61. The molecule has 0 saturated carbocycles. The second-order valence-electron chi connectivity index (χ2n) is 4.17. The van der Waals surface area contributed by atoms with Crippen LogP contribution in [0.3, 0.4) is 0 Å². The minimum Gasteiger partial charge on any atom is -0.279 e. The van der Waals surface area contributed by atoms with Crippen molar-refractivity contribution in [1.82, 2.24) is 4.98 Å². The van der Waals surface area contributed by atoms with Crippen molar-refractivity contribution < 1.29 is 8.42 Å². The summed E-state index contributed by atoms with van der Waals surface area (Å²) in [5.41, 5.74) is 2.48. The summed E-state index contributed by atoms with van der Waals surface area (Å²) in [6.45, 7) is 3.80. The van der Waals surface area contributed by atoms with Gasteiger partial charge in [-0.15, -0.1) is 0 Å². The Hall–Kier alpha value is -1.59. The average Bonchev–Trinajstić information content (AvgIpc) is 2.35. The lowest BCUT2D eigenvalue weighted by atomic mass is 10.1. The first-order valence-corrected chi connectivity index (χ1v) is 7.47. The molecule has 0 fully saturated rings. The summed E-state index contributed by atoms with van der Waals surface area (Å²) >= 11 is 5.64. The molecule has 1 heterocycles. The zero-order chi connectivity index (χ0) is 14.0. The van der Waals surface area contributed by atoms with Gasteiger partial charge in [-0.05, 0) is 43.2 Å². The van der Waals surface area contributed by atoms with Crippen LogP contribution in [0.15, 0.2) is 41.4 Å². The maximum absolute atomic E-state index is 12.2. The van der Waals surface area contributed by atoms with Gasteiger partial charge >= 0.3 is 0 Å². The van der Waals surface area contributed by atoms with Gasteiger partial charge in [-0.3, -0.25) is 4.72 Å². The molecule has 0 radical (unpaired) electrons. The van der Waals surface area contributed by atoms with Crippen LogP contribution in [-0.4, -0.2) is 13.4 Å². The molecule has 0 unspecified atom stereocenters. The second-order valence-corrected chi connectivity index (χ2v) is 6.24. The van der Waals surface area contributed by atoms with E-state index in [0.29, 0.717) is 5.69 Å². The normalized spacial score (nSPS) is 11.3. The fraction of sp³-hybridized carbons (Fsp3) is 0.154. The Kier molecular flexibility index (Phi) is 3.78. The summed E-state index contributed by atoms with van der Waals surface area (Å²) in [6, 6.07) is 8.32. The van der Waals surface area contributed by atoms with Gasteiger partial charge in [-0.2, -0.15) is 0 Å².